The lowest BCUT2D eigenvalue weighted by Crippen LogP contribution is -2.44. The molecule has 3 nitrogen and oxygen atoms in total. The van der Waals surface area contributed by atoms with Crippen LogP contribution >= 0.6 is 12.4 Å². The molecule has 1 aliphatic heterocycles. The van der Waals surface area contributed by atoms with Crippen molar-refractivity contribution in [3.63, 3.8) is 0 Å². The lowest BCUT2D eigenvalue weighted by Gasteiger charge is -2.32. The van der Waals surface area contributed by atoms with Crippen LogP contribution in [0.2, 0.25) is 0 Å². The van der Waals surface area contributed by atoms with Crippen LogP contribution in [-0.4, -0.2) is 35.5 Å². The fraction of sp³-hybridized carbons (Fsp3) is 0.923. The highest BCUT2D eigenvalue weighted by Gasteiger charge is 2.36. The number of rotatable bonds is 2. The quantitative estimate of drug-likeness (QED) is 0.829. The van der Waals surface area contributed by atoms with Gasteiger partial charge in [0.2, 0.25) is 5.91 Å². The van der Waals surface area contributed by atoms with E-state index >= 15 is 0 Å². The maximum absolute atomic E-state index is 11.8. The van der Waals surface area contributed by atoms with Gasteiger partial charge in [-0.15, -0.1) is 12.4 Å². The number of amides is 1. The van der Waals surface area contributed by atoms with E-state index in [4.69, 9.17) is 0 Å². The van der Waals surface area contributed by atoms with Gasteiger partial charge in [0, 0.05) is 31.1 Å². The van der Waals surface area contributed by atoms with Crippen molar-refractivity contribution in [1.29, 1.82) is 0 Å². The summed E-state index contributed by atoms with van der Waals surface area (Å²) in [6.45, 7) is 14.7. The van der Waals surface area contributed by atoms with Gasteiger partial charge in [0.1, 0.15) is 0 Å². The van der Waals surface area contributed by atoms with E-state index in [2.05, 4.69) is 46.9 Å². The van der Waals surface area contributed by atoms with Crippen molar-refractivity contribution in [1.82, 2.24) is 10.2 Å². The molecule has 0 aliphatic carbocycles. The topological polar surface area (TPSA) is 32.3 Å². The van der Waals surface area contributed by atoms with Crippen LogP contribution in [-0.2, 0) is 4.79 Å². The van der Waals surface area contributed by atoms with Crippen molar-refractivity contribution in [3.05, 3.63) is 0 Å². The molecule has 17 heavy (non-hydrogen) atoms. The molecule has 1 heterocycles. The molecule has 0 radical (unpaired) electrons. The highest BCUT2D eigenvalue weighted by Crippen LogP contribution is 2.22. The Hall–Kier alpha value is -0.280. The van der Waals surface area contributed by atoms with Gasteiger partial charge in [-0.3, -0.25) is 4.79 Å². The standard InChI is InChI=1S/C13H26N2O.ClH/c1-12(2,3)9-14-10-7-11(16)15(8-10)13(4,5)6;/h10,14H,7-9H2,1-6H3;1H. The maximum Gasteiger partial charge on any atom is 0.224 e. The number of hydrogen-bond donors (Lipinski definition) is 1. The Bertz CT molecular complexity index is 266. The Morgan fingerprint density at radius 1 is 1.24 bits per heavy atom. The summed E-state index contributed by atoms with van der Waals surface area (Å²) >= 11 is 0. The Labute approximate surface area is 112 Å². The smallest absolute Gasteiger partial charge is 0.224 e. The van der Waals surface area contributed by atoms with Crippen molar-refractivity contribution < 1.29 is 4.79 Å². The minimum absolute atomic E-state index is 0. The molecule has 1 unspecified atom stereocenters. The highest BCUT2D eigenvalue weighted by molar-refractivity contribution is 5.85. The molecule has 1 fully saturated rings. The molecule has 102 valence electrons. The average molecular weight is 263 g/mol. The third-order valence-electron chi connectivity index (χ3n) is 2.86. The van der Waals surface area contributed by atoms with E-state index in [-0.39, 0.29) is 29.3 Å². The van der Waals surface area contributed by atoms with Gasteiger partial charge in [-0.05, 0) is 26.2 Å². The molecule has 4 heteroatoms. The number of carbonyl (C=O) groups excluding carboxylic acids is 1. The number of carbonyl (C=O) groups is 1. The molecule has 0 aromatic heterocycles. The molecule has 0 saturated carbocycles. The highest BCUT2D eigenvalue weighted by atomic mass is 35.5. The summed E-state index contributed by atoms with van der Waals surface area (Å²) in [7, 11) is 0. The molecule has 0 spiro atoms. The second kappa shape index (κ2) is 5.57. The van der Waals surface area contributed by atoms with Crippen LogP contribution in [0.5, 0.6) is 0 Å². The van der Waals surface area contributed by atoms with Gasteiger partial charge >= 0.3 is 0 Å². The predicted molar refractivity (Wildman–Crippen MR) is 74.6 cm³/mol. The van der Waals surface area contributed by atoms with Crippen LogP contribution < -0.4 is 5.32 Å². The molecule has 1 saturated heterocycles. The van der Waals surface area contributed by atoms with Crippen molar-refractivity contribution in [2.75, 3.05) is 13.1 Å². The van der Waals surface area contributed by atoms with E-state index in [9.17, 15) is 4.79 Å². The Morgan fingerprint density at radius 3 is 2.12 bits per heavy atom. The molecule has 1 N–H and O–H groups in total. The van der Waals surface area contributed by atoms with Crippen molar-refractivity contribution in [3.8, 4) is 0 Å². The molecule has 0 aromatic carbocycles. The first-order valence-electron chi connectivity index (χ1n) is 6.13. The van der Waals surface area contributed by atoms with Crippen molar-refractivity contribution >= 4 is 18.3 Å². The molecule has 1 aliphatic rings. The number of nitrogens with one attached hydrogen (secondary N) is 1. The lowest BCUT2D eigenvalue weighted by molar-refractivity contribution is -0.131. The molecule has 1 atom stereocenters. The molecule has 0 aromatic rings. The van der Waals surface area contributed by atoms with Crippen LogP contribution in [0.1, 0.15) is 48.0 Å². The van der Waals surface area contributed by atoms with Crippen molar-refractivity contribution in [2.45, 2.75) is 59.5 Å². The molecule has 0 bridgehead atoms. The zero-order valence-corrected chi connectivity index (χ0v) is 12.8. The number of likely N-dealkylation sites (tertiary alicyclic amines) is 1. The van der Waals surface area contributed by atoms with Gasteiger partial charge < -0.3 is 10.2 Å². The van der Waals surface area contributed by atoms with Crippen LogP contribution in [0, 0.1) is 5.41 Å². The summed E-state index contributed by atoms with van der Waals surface area (Å²) in [4.78, 5) is 13.8. The summed E-state index contributed by atoms with van der Waals surface area (Å²) in [6.07, 6.45) is 0.646. The van der Waals surface area contributed by atoms with Crippen LogP contribution in [0.25, 0.3) is 0 Å². The first kappa shape index (κ1) is 16.7. The lowest BCUT2D eigenvalue weighted by atomic mass is 9.96. The normalized spacial score (nSPS) is 21.6. The fourth-order valence-corrected chi connectivity index (χ4v) is 1.94. The third kappa shape index (κ3) is 5.26. The van der Waals surface area contributed by atoms with Gasteiger partial charge in [0.05, 0.1) is 0 Å². The van der Waals surface area contributed by atoms with Gasteiger partial charge in [-0.2, -0.15) is 0 Å². The van der Waals surface area contributed by atoms with Gasteiger partial charge in [-0.25, -0.2) is 0 Å². The van der Waals surface area contributed by atoms with Gasteiger partial charge in [-0.1, -0.05) is 20.8 Å². The minimum Gasteiger partial charge on any atom is -0.336 e. The van der Waals surface area contributed by atoms with E-state index < -0.39 is 0 Å². The average Bonchev–Trinajstić information content (AvgIpc) is 2.41. The Kier molecular flexibility index (Phi) is 5.48. The maximum atomic E-state index is 11.8. The first-order valence-corrected chi connectivity index (χ1v) is 6.13. The van der Waals surface area contributed by atoms with Gasteiger partial charge in [0.15, 0.2) is 0 Å². The summed E-state index contributed by atoms with van der Waals surface area (Å²) in [5.74, 6) is 0.277. The monoisotopic (exact) mass is 262 g/mol. The summed E-state index contributed by atoms with van der Waals surface area (Å²) in [5, 5.41) is 3.49. The Balaban J connectivity index is 0.00000256. The Morgan fingerprint density at radius 2 is 1.76 bits per heavy atom. The summed E-state index contributed by atoms with van der Waals surface area (Å²) in [5.41, 5.74) is 0.230. The zero-order valence-electron chi connectivity index (χ0n) is 12.0. The van der Waals surface area contributed by atoms with E-state index in [1.54, 1.807) is 0 Å². The minimum atomic E-state index is -0.0464. The molecule has 1 amide bonds. The number of halogens is 1. The van der Waals surface area contributed by atoms with Crippen LogP contribution in [0.15, 0.2) is 0 Å². The van der Waals surface area contributed by atoms with Gasteiger partial charge in [0.25, 0.3) is 0 Å². The van der Waals surface area contributed by atoms with Crippen LogP contribution in [0.4, 0.5) is 0 Å². The number of hydrogen-bond acceptors (Lipinski definition) is 2. The fourth-order valence-electron chi connectivity index (χ4n) is 1.94. The molecular weight excluding hydrogens is 236 g/mol. The number of nitrogens with zero attached hydrogens (tertiary/aromatic N) is 1. The molecule has 1 rings (SSSR count). The summed E-state index contributed by atoms with van der Waals surface area (Å²) in [6, 6.07) is 0.325. The van der Waals surface area contributed by atoms with E-state index in [0.29, 0.717) is 12.5 Å². The molecular formula is C13H27ClN2O. The second-order valence-electron chi connectivity index (χ2n) is 7.02. The van der Waals surface area contributed by atoms with E-state index in [1.165, 1.54) is 0 Å². The zero-order chi connectivity index (χ0) is 12.6. The van der Waals surface area contributed by atoms with E-state index in [0.717, 1.165) is 13.1 Å². The SMILES string of the molecule is CC(C)(C)CNC1CC(=O)N(C(C)(C)C)C1.Cl. The first-order chi connectivity index (χ1) is 7.09. The summed E-state index contributed by atoms with van der Waals surface area (Å²) < 4.78 is 0. The van der Waals surface area contributed by atoms with Crippen LogP contribution in [0.3, 0.4) is 0 Å². The van der Waals surface area contributed by atoms with Crippen molar-refractivity contribution in [2.24, 2.45) is 5.41 Å². The predicted octanol–water partition coefficient (Wildman–Crippen LogP) is 2.44. The second-order valence-corrected chi connectivity index (χ2v) is 7.02. The third-order valence-corrected chi connectivity index (χ3v) is 2.86. The van der Waals surface area contributed by atoms with E-state index in [1.807, 2.05) is 4.90 Å². The largest absolute Gasteiger partial charge is 0.336 e.